The molecule has 0 bridgehead atoms. The second-order valence-electron chi connectivity index (χ2n) is 5.92. The van der Waals surface area contributed by atoms with Gasteiger partial charge in [0.05, 0.1) is 19.1 Å². The number of hydrogen-bond acceptors (Lipinski definition) is 6. The summed E-state index contributed by atoms with van der Waals surface area (Å²) < 4.78 is 10.2. The van der Waals surface area contributed by atoms with E-state index in [2.05, 4.69) is 15.5 Å². The Kier molecular flexibility index (Phi) is 5.74. The summed E-state index contributed by atoms with van der Waals surface area (Å²) in [6.07, 6.45) is 0.139. The maximum Gasteiger partial charge on any atom is 0.306 e. The molecule has 2 N–H and O–H groups in total. The van der Waals surface area contributed by atoms with Gasteiger partial charge in [-0.25, -0.2) is 0 Å². The van der Waals surface area contributed by atoms with E-state index in [1.165, 1.54) is 7.11 Å². The number of hydrogen-bond donors (Lipinski definition) is 2. The Morgan fingerprint density at radius 2 is 2.16 bits per heavy atom. The Morgan fingerprint density at radius 3 is 2.76 bits per heavy atom. The minimum Gasteiger partial charge on any atom is -0.497 e. The maximum absolute atomic E-state index is 12.3. The number of nitrogens with zero attached hydrogens (tertiary/aromatic N) is 2. The number of carbonyl (C=O) groups is 2. The highest BCUT2D eigenvalue weighted by Crippen LogP contribution is 2.28. The van der Waals surface area contributed by atoms with Gasteiger partial charge in [0, 0.05) is 12.8 Å². The number of carboxylic acids is 1. The number of carbonyl (C=O) groups excluding carboxylic acids is 1. The van der Waals surface area contributed by atoms with Crippen molar-refractivity contribution in [3.63, 3.8) is 0 Å². The van der Waals surface area contributed by atoms with Crippen LogP contribution in [0.15, 0.2) is 28.8 Å². The molecular weight excluding hydrogens is 326 g/mol. The van der Waals surface area contributed by atoms with Gasteiger partial charge >= 0.3 is 5.97 Å². The number of methoxy groups -OCH3 is 1. The average Bonchev–Trinajstić information content (AvgIpc) is 2.97. The number of carboxylic acid groups (broad SMARTS) is 1. The van der Waals surface area contributed by atoms with Crippen molar-refractivity contribution in [3.8, 4) is 5.75 Å². The molecule has 1 heterocycles. The van der Waals surface area contributed by atoms with Gasteiger partial charge in [-0.05, 0) is 31.5 Å². The Labute approximate surface area is 145 Å². The summed E-state index contributed by atoms with van der Waals surface area (Å²) in [6, 6.07) is 6.98. The summed E-state index contributed by atoms with van der Waals surface area (Å²) in [5.74, 6) is 0.140. The van der Waals surface area contributed by atoms with E-state index in [4.69, 9.17) is 9.26 Å². The molecule has 134 valence electrons. The van der Waals surface area contributed by atoms with Gasteiger partial charge in [0.1, 0.15) is 5.75 Å². The average molecular weight is 347 g/mol. The van der Waals surface area contributed by atoms with Crippen molar-refractivity contribution in [1.29, 1.82) is 0 Å². The molecule has 0 radical (unpaired) electrons. The zero-order chi connectivity index (χ0) is 18.4. The second kappa shape index (κ2) is 7.78. The quantitative estimate of drug-likeness (QED) is 0.748. The van der Waals surface area contributed by atoms with Crippen molar-refractivity contribution >= 4 is 11.9 Å². The van der Waals surface area contributed by atoms with Crippen LogP contribution in [0.4, 0.5) is 0 Å². The van der Waals surface area contributed by atoms with Crippen molar-refractivity contribution in [3.05, 3.63) is 41.5 Å². The highest BCUT2D eigenvalue weighted by atomic mass is 16.5. The molecule has 8 heteroatoms. The number of aliphatic carboxylic acids is 1. The molecule has 1 aromatic heterocycles. The summed E-state index contributed by atoms with van der Waals surface area (Å²) in [7, 11) is 1.53. The minimum absolute atomic E-state index is 0.112. The smallest absolute Gasteiger partial charge is 0.306 e. The molecule has 0 spiro atoms. The Bertz CT molecular complexity index is 758. The first-order valence-electron chi connectivity index (χ1n) is 7.79. The van der Waals surface area contributed by atoms with Crippen LogP contribution in [0.3, 0.4) is 0 Å². The van der Waals surface area contributed by atoms with Gasteiger partial charge in [0.15, 0.2) is 5.82 Å². The van der Waals surface area contributed by atoms with Crippen LogP contribution < -0.4 is 10.1 Å². The first-order valence-corrected chi connectivity index (χ1v) is 7.79. The van der Waals surface area contributed by atoms with E-state index in [1.807, 2.05) is 0 Å². The van der Waals surface area contributed by atoms with Gasteiger partial charge in [0.2, 0.25) is 11.8 Å². The predicted octanol–water partition coefficient (Wildman–Crippen LogP) is 1.83. The number of aryl methyl sites for hydroxylation is 2. The number of aromatic nitrogens is 2. The van der Waals surface area contributed by atoms with Crippen molar-refractivity contribution in [2.75, 3.05) is 7.11 Å². The summed E-state index contributed by atoms with van der Waals surface area (Å²) in [6.45, 7) is 3.37. The molecule has 0 saturated carbocycles. The van der Waals surface area contributed by atoms with E-state index in [0.29, 0.717) is 23.0 Å². The zero-order valence-electron chi connectivity index (χ0n) is 14.4. The van der Waals surface area contributed by atoms with Gasteiger partial charge in [0.25, 0.3) is 0 Å². The number of amides is 1. The van der Waals surface area contributed by atoms with Crippen LogP contribution in [0.2, 0.25) is 0 Å². The van der Waals surface area contributed by atoms with Gasteiger partial charge < -0.3 is 19.7 Å². The van der Waals surface area contributed by atoms with Gasteiger partial charge in [-0.3, -0.25) is 9.59 Å². The van der Waals surface area contributed by atoms with Crippen LogP contribution in [0.25, 0.3) is 0 Å². The highest BCUT2D eigenvalue weighted by molar-refractivity contribution is 5.78. The third kappa shape index (κ3) is 5.03. The fourth-order valence-electron chi connectivity index (χ4n) is 2.52. The van der Waals surface area contributed by atoms with Crippen molar-refractivity contribution in [2.24, 2.45) is 0 Å². The molecule has 0 fully saturated rings. The van der Waals surface area contributed by atoms with E-state index in [0.717, 1.165) is 0 Å². The minimum atomic E-state index is -1.07. The number of benzene rings is 1. The van der Waals surface area contributed by atoms with Crippen LogP contribution in [0, 0.1) is 6.92 Å². The van der Waals surface area contributed by atoms with Gasteiger partial charge in [-0.15, -0.1) is 0 Å². The van der Waals surface area contributed by atoms with Crippen molar-refractivity contribution in [2.45, 2.75) is 38.6 Å². The first kappa shape index (κ1) is 18.4. The molecule has 0 saturated heterocycles. The Hall–Kier alpha value is -2.90. The highest BCUT2D eigenvalue weighted by Gasteiger charge is 2.31. The molecule has 0 aliphatic carbocycles. The maximum atomic E-state index is 12.3. The first-order chi connectivity index (χ1) is 11.8. The second-order valence-corrected chi connectivity index (χ2v) is 5.92. The van der Waals surface area contributed by atoms with Gasteiger partial charge in [-0.2, -0.15) is 4.98 Å². The molecule has 2 aromatic rings. The summed E-state index contributed by atoms with van der Waals surface area (Å²) >= 11 is 0. The van der Waals surface area contributed by atoms with Crippen LogP contribution in [0.1, 0.15) is 37.0 Å². The van der Waals surface area contributed by atoms with Crippen LogP contribution in [0.5, 0.6) is 5.75 Å². The third-order valence-corrected chi connectivity index (χ3v) is 3.76. The zero-order valence-corrected chi connectivity index (χ0v) is 14.4. The molecule has 1 unspecified atom stereocenters. The van der Waals surface area contributed by atoms with Crippen LogP contribution in [-0.4, -0.2) is 34.2 Å². The molecule has 1 amide bonds. The fourth-order valence-corrected chi connectivity index (χ4v) is 2.52. The molecule has 2 rings (SSSR count). The third-order valence-electron chi connectivity index (χ3n) is 3.76. The van der Waals surface area contributed by atoms with Crippen molar-refractivity contribution < 1.29 is 24.0 Å². The molecule has 25 heavy (non-hydrogen) atoms. The van der Waals surface area contributed by atoms with E-state index in [1.54, 1.807) is 38.1 Å². The van der Waals surface area contributed by atoms with E-state index < -0.39 is 11.5 Å². The summed E-state index contributed by atoms with van der Waals surface area (Å²) in [4.78, 5) is 27.7. The number of rotatable bonds is 8. The molecular formula is C17H21N3O5. The Balaban J connectivity index is 2.12. The van der Waals surface area contributed by atoms with E-state index >= 15 is 0 Å². The van der Waals surface area contributed by atoms with Crippen LogP contribution >= 0.6 is 0 Å². The lowest BCUT2D eigenvalue weighted by molar-refractivity contribution is -0.139. The van der Waals surface area contributed by atoms with E-state index in [-0.39, 0.29) is 25.2 Å². The predicted molar refractivity (Wildman–Crippen MR) is 88.1 cm³/mol. The SMILES string of the molecule is COc1cccc(C(C)(CC(=O)O)NC(=O)CCc2nc(C)no2)c1. The molecule has 1 aromatic carbocycles. The molecule has 0 aliphatic rings. The molecule has 1 atom stereocenters. The summed E-state index contributed by atoms with van der Waals surface area (Å²) in [5.41, 5.74) is -0.418. The molecule has 0 aliphatic heterocycles. The number of nitrogens with one attached hydrogen (secondary N) is 1. The van der Waals surface area contributed by atoms with E-state index in [9.17, 15) is 14.7 Å². The lowest BCUT2D eigenvalue weighted by Crippen LogP contribution is -2.45. The Morgan fingerprint density at radius 1 is 1.40 bits per heavy atom. The van der Waals surface area contributed by atoms with Crippen molar-refractivity contribution in [1.82, 2.24) is 15.5 Å². The van der Waals surface area contributed by atoms with Crippen LogP contribution in [-0.2, 0) is 21.5 Å². The van der Waals surface area contributed by atoms with Gasteiger partial charge in [-0.1, -0.05) is 17.3 Å². The number of ether oxygens (including phenoxy) is 1. The topological polar surface area (TPSA) is 115 Å². The standard InChI is InChI=1S/C17H21N3O5/c1-11-18-15(25-20-11)8-7-14(21)19-17(2,10-16(22)23)12-5-4-6-13(9-12)24-3/h4-6,9H,7-8,10H2,1-3H3,(H,19,21)(H,22,23). The lowest BCUT2D eigenvalue weighted by atomic mass is 9.88. The fraction of sp³-hybridized carbons (Fsp3) is 0.412. The normalized spacial score (nSPS) is 13.1. The lowest BCUT2D eigenvalue weighted by Gasteiger charge is -2.30. The molecule has 8 nitrogen and oxygen atoms in total. The summed E-state index contributed by atoms with van der Waals surface area (Å²) in [5, 5.41) is 15.7. The monoisotopic (exact) mass is 347 g/mol. The largest absolute Gasteiger partial charge is 0.497 e.